The van der Waals surface area contributed by atoms with E-state index in [1.165, 1.54) is 12.0 Å². The highest BCUT2D eigenvalue weighted by atomic mass is 16.6. The summed E-state index contributed by atoms with van der Waals surface area (Å²) >= 11 is 0. The van der Waals surface area contributed by atoms with Crippen LogP contribution in [0.25, 0.3) is 11.0 Å². The highest BCUT2D eigenvalue weighted by molar-refractivity contribution is 6.10. The number of hydrogen-bond acceptors (Lipinski definition) is 11. The predicted molar refractivity (Wildman–Crippen MR) is 184 cm³/mol. The molecule has 1 saturated heterocycles. The minimum absolute atomic E-state index is 0.0443. The quantitative estimate of drug-likeness (QED) is 0.346. The van der Waals surface area contributed by atoms with Crippen LogP contribution < -0.4 is 20.1 Å². The highest BCUT2D eigenvalue weighted by Crippen LogP contribution is 2.48. The van der Waals surface area contributed by atoms with Crippen LogP contribution in [0.4, 0.5) is 4.79 Å². The van der Waals surface area contributed by atoms with E-state index in [4.69, 9.17) is 18.9 Å². The molecule has 5 atom stereocenters. The number of carbonyl (C=O) groups is 5. The summed E-state index contributed by atoms with van der Waals surface area (Å²) < 4.78 is 22.9. The van der Waals surface area contributed by atoms with Crippen molar-refractivity contribution >= 4 is 40.7 Å². The molecule has 0 unspecified atom stereocenters. The summed E-state index contributed by atoms with van der Waals surface area (Å²) in [6, 6.07) is 1.23. The smallest absolute Gasteiger partial charge is 0.408 e. The number of allylic oxidation sites excluding steroid dienone is 1. The van der Waals surface area contributed by atoms with Crippen molar-refractivity contribution in [1.29, 1.82) is 0 Å². The first-order chi connectivity index (χ1) is 24.2. The zero-order chi connectivity index (χ0) is 36.7. The zero-order valence-corrected chi connectivity index (χ0v) is 30.1. The molecular formula is C37H47N5O9. The van der Waals surface area contributed by atoms with E-state index >= 15 is 0 Å². The largest absolute Gasteiger partial charge is 0.482 e. The van der Waals surface area contributed by atoms with Crippen molar-refractivity contribution in [3.8, 4) is 11.6 Å². The molecule has 1 aliphatic carbocycles. The molecule has 2 aromatic heterocycles. The van der Waals surface area contributed by atoms with E-state index in [9.17, 15) is 24.0 Å². The maximum atomic E-state index is 14.6. The molecule has 1 spiro atoms. The number of fused-ring (bicyclic) bond motifs is 5. The van der Waals surface area contributed by atoms with Crippen molar-refractivity contribution in [3.05, 3.63) is 35.5 Å². The second-order valence-corrected chi connectivity index (χ2v) is 15.0. The molecule has 2 N–H and O–H groups in total. The molecule has 0 aromatic carbocycles. The maximum Gasteiger partial charge on any atom is 0.408 e. The van der Waals surface area contributed by atoms with Crippen LogP contribution in [0, 0.1) is 12.8 Å². The van der Waals surface area contributed by atoms with E-state index in [0.29, 0.717) is 41.9 Å². The number of nitrogens with one attached hydrogen (secondary N) is 2. The van der Waals surface area contributed by atoms with Crippen molar-refractivity contribution in [2.75, 3.05) is 20.3 Å². The number of ether oxygens (including phenoxy) is 4. The average Bonchev–Trinajstić information content (AvgIpc) is 3.64. The van der Waals surface area contributed by atoms with Gasteiger partial charge < -0.3 is 34.5 Å². The Morgan fingerprint density at radius 3 is 2.63 bits per heavy atom. The van der Waals surface area contributed by atoms with Gasteiger partial charge in [-0.15, -0.1) is 0 Å². The molecule has 0 radical (unpaired) electrons. The molecule has 4 aliphatic rings. The van der Waals surface area contributed by atoms with Gasteiger partial charge in [0.15, 0.2) is 11.5 Å². The van der Waals surface area contributed by atoms with Crippen molar-refractivity contribution < 1.29 is 42.9 Å². The van der Waals surface area contributed by atoms with Crippen LogP contribution >= 0.6 is 0 Å². The number of rotatable bonds is 4. The number of nitrogens with zero attached hydrogens (tertiary/aromatic N) is 3. The third-order valence-electron chi connectivity index (χ3n) is 9.93. The van der Waals surface area contributed by atoms with Gasteiger partial charge in [0.25, 0.3) is 0 Å². The van der Waals surface area contributed by atoms with Crippen molar-refractivity contribution in [2.24, 2.45) is 5.92 Å². The molecule has 14 heteroatoms. The lowest BCUT2D eigenvalue weighted by Crippen LogP contribution is -2.57. The zero-order valence-electron chi connectivity index (χ0n) is 30.1. The molecular weight excluding hydrogens is 658 g/mol. The van der Waals surface area contributed by atoms with Gasteiger partial charge in [0.1, 0.15) is 34.3 Å². The van der Waals surface area contributed by atoms with Gasteiger partial charge in [-0.05, 0) is 66.4 Å². The normalized spacial score (nSPS) is 28.6. The third kappa shape index (κ3) is 7.22. The Kier molecular flexibility index (Phi) is 9.73. The monoisotopic (exact) mass is 705 g/mol. The van der Waals surface area contributed by atoms with E-state index in [1.807, 2.05) is 12.2 Å². The molecule has 14 nitrogen and oxygen atoms in total. The first-order valence-electron chi connectivity index (χ1n) is 17.7. The van der Waals surface area contributed by atoms with E-state index in [1.54, 1.807) is 46.8 Å². The summed E-state index contributed by atoms with van der Waals surface area (Å²) in [4.78, 5) is 79.9. The number of amides is 3. The van der Waals surface area contributed by atoms with E-state index < -0.39 is 52.7 Å². The second-order valence-electron chi connectivity index (χ2n) is 15.0. The van der Waals surface area contributed by atoms with Crippen molar-refractivity contribution in [2.45, 2.75) is 115 Å². The Balaban J connectivity index is 1.39. The molecule has 274 valence electrons. The molecule has 2 aromatic rings. The Bertz CT molecular complexity index is 1790. The number of pyridine rings is 2. The predicted octanol–water partition coefficient (Wildman–Crippen LogP) is 4.10. The van der Waals surface area contributed by atoms with Gasteiger partial charge in [0.05, 0.1) is 43.5 Å². The van der Waals surface area contributed by atoms with Crippen LogP contribution in [0.15, 0.2) is 24.3 Å². The summed E-state index contributed by atoms with van der Waals surface area (Å²) in [5.74, 6) is -1.62. The van der Waals surface area contributed by atoms with Crippen LogP contribution in [0.5, 0.6) is 11.6 Å². The van der Waals surface area contributed by atoms with E-state index in [-0.39, 0.29) is 49.0 Å². The van der Waals surface area contributed by atoms with E-state index in [2.05, 4.69) is 20.6 Å². The number of aromatic nitrogens is 2. The van der Waals surface area contributed by atoms with Gasteiger partial charge in [0, 0.05) is 18.4 Å². The van der Waals surface area contributed by atoms with Crippen LogP contribution in [0.3, 0.4) is 0 Å². The summed E-state index contributed by atoms with van der Waals surface area (Å²) in [6.45, 7) is 8.64. The fourth-order valence-corrected chi connectivity index (χ4v) is 7.44. The second kappa shape index (κ2) is 13.8. The standard InChI is InChI=1S/C37H47N5O9/c1-7-49-33(46)37-17-22(37)13-11-9-8-10-12-14-24(39-34(47)51-35(3,4)5)32(45)42-20-36(18-25(42)31(44)41-37)19-26(43)28-29-23(15-16-27(40-29)48-6)38-21(2)30(28)50-36/h11,13,15-16,22,24-25H,7-10,12,14,17-20H2,1-6H3,(H,39,47)(H,41,44)/b13-11-/t22-,24+,25+,36+,37-/m1/s1. The Morgan fingerprint density at radius 2 is 1.90 bits per heavy atom. The first-order valence-corrected chi connectivity index (χ1v) is 17.7. The van der Waals surface area contributed by atoms with Gasteiger partial charge >= 0.3 is 12.1 Å². The maximum absolute atomic E-state index is 14.6. The molecule has 1 saturated carbocycles. The Hall–Kier alpha value is -4.75. The molecule has 0 bridgehead atoms. The van der Waals surface area contributed by atoms with E-state index in [0.717, 1.165) is 19.3 Å². The minimum Gasteiger partial charge on any atom is -0.482 e. The molecule has 6 rings (SSSR count). The number of methoxy groups -OCH3 is 1. The van der Waals surface area contributed by atoms with Crippen molar-refractivity contribution in [3.63, 3.8) is 0 Å². The number of ketones is 1. The van der Waals surface area contributed by atoms with Crippen LogP contribution in [0.2, 0.25) is 0 Å². The lowest BCUT2D eigenvalue weighted by Gasteiger charge is -2.35. The highest BCUT2D eigenvalue weighted by Gasteiger charge is 2.63. The van der Waals surface area contributed by atoms with Gasteiger partial charge in [-0.3, -0.25) is 14.4 Å². The summed E-state index contributed by atoms with van der Waals surface area (Å²) in [7, 11) is 1.48. The molecule has 2 fully saturated rings. The Labute approximate surface area is 297 Å². The first kappa shape index (κ1) is 36.1. The molecule has 3 aliphatic heterocycles. The van der Waals surface area contributed by atoms with Crippen LogP contribution in [0.1, 0.15) is 95.1 Å². The fraction of sp³-hybridized carbons (Fsp3) is 0.595. The van der Waals surface area contributed by atoms with Crippen LogP contribution in [-0.2, 0) is 23.9 Å². The molecule has 5 heterocycles. The van der Waals surface area contributed by atoms with Crippen LogP contribution in [-0.4, -0.2) is 93.6 Å². The Morgan fingerprint density at radius 1 is 1.12 bits per heavy atom. The fourth-order valence-electron chi connectivity index (χ4n) is 7.44. The number of carbonyl (C=O) groups excluding carboxylic acids is 5. The van der Waals surface area contributed by atoms with Crippen molar-refractivity contribution in [1.82, 2.24) is 25.5 Å². The lowest BCUT2D eigenvalue weighted by atomic mass is 9.87. The SMILES string of the molecule is CCOC(=O)[C@@]12C[C@H]1/C=C\CCCCC[C@H](NC(=O)OC(C)(C)C)C(=O)N1C[C@@]3(CC(=O)c4c(c(C)nc5ccc(OC)nc45)O3)C[C@H]1C(=O)N2. The van der Waals surface area contributed by atoms with Gasteiger partial charge in [0.2, 0.25) is 17.7 Å². The number of alkyl carbamates (subject to hydrolysis) is 1. The van der Waals surface area contributed by atoms with Gasteiger partial charge in [-0.25, -0.2) is 19.6 Å². The summed E-state index contributed by atoms with van der Waals surface area (Å²) in [5, 5.41) is 5.70. The van der Waals surface area contributed by atoms with Gasteiger partial charge in [-0.1, -0.05) is 25.0 Å². The summed E-state index contributed by atoms with van der Waals surface area (Å²) in [6.07, 6.45) is 6.69. The topological polar surface area (TPSA) is 175 Å². The molecule has 3 amide bonds. The lowest BCUT2D eigenvalue weighted by molar-refractivity contribution is -0.150. The minimum atomic E-state index is -1.30. The summed E-state index contributed by atoms with van der Waals surface area (Å²) in [5.41, 5.74) is -1.83. The number of aryl methyl sites for hydroxylation is 1. The number of hydrogen-bond donors (Lipinski definition) is 2. The van der Waals surface area contributed by atoms with Gasteiger partial charge in [-0.2, -0.15) is 0 Å². The average molecular weight is 706 g/mol. The number of esters is 1. The molecule has 51 heavy (non-hydrogen) atoms. The third-order valence-corrected chi connectivity index (χ3v) is 9.93. The number of Topliss-reactive ketones (excluding diaryl/α,β-unsaturated/α-hetero) is 1.